The van der Waals surface area contributed by atoms with Crippen LogP contribution in [0.1, 0.15) is 55.6 Å². The van der Waals surface area contributed by atoms with E-state index >= 15 is 0 Å². The van der Waals surface area contributed by atoms with E-state index < -0.39 is 0 Å². The summed E-state index contributed by atoms with van der Waals surface area (Å²) < 4.78 is 0. The first-order chi connectivity index (χ1) is 6.59. The molecule has 3 nitrogen and oxygen atoms in total. The lowest BCUT2D eigenvalue weighted by Crippen LogP contribution is -2.07. The molecule has 2 rings (SSSR count). The summed E-state index contributed by atoms with van der Waals surface area (Å²) in [6.45, 7) is 6.29. The number of hydrogen-bond acceptors (Lipinski definition) is 3. The van der Waals surface area contributed by atoms with Gasteiger partial charge in [0.25, 0.3) is 0 Å². The number of hydrogen-bond donors (Lipinski definition) is 1. The first-order valence-electron chi connectivity index (χ1n) is 5.23. The number of nitrogen functional groups attached to an aromatic ring is 1. The van der Waals surface area contributed by atoms with Crippen LogP contribution < -0.4 is 5.73 Å². The van der Waals surface area contributed by atoms with E-state index in [1.807, 2.05) is 6.92 Å². The van der Waals surface area contributed by atoms with Crippen molar-refractivity contribution in [2.75, 3.05) is 5.73 Å². The van der Waals surface area contributed by atoms with Gasteiger partial charge in [0.05, 0.1) is 5.69 Å². The molecule has 1 aromatic rings. The van der Waals surface area contributed by atoms with Crippen LogP contribution in [0.2, 0.25) is 0 Å². The zero-order chi connectivity index (χ0) is 10.3. The Balaban J connectivity index is 2.46. The minimum absolute atomic E-state index is 0.429. The van der Waals surface area contributed by atoms with E-state index in [1.54, 1.807) is 0 Å². The maximum atomic E-state index is 5.87. The Morgan fingerprint density at radius 1 is 1.29 bits per heavy atom. The topological polar surface area (TPSA) is 51.8 Å². The number of nitrogens with zero attached hydrogens (tertiary/aromatic N) is 2. The number of rotatable bonds is 2. The van der Waals surface area contributed by atoms with Crippen molar-refractivity contribution in [3.8, 4) is 0 Å². The van der Waals surface area contributed by atoms with Crippen molar-refractivity contribution in [2.24, 2.45) is 0 Å². The molecular weight excluding hydrogens is 174 g/mol. The molecule has 0 amide bonds. The highest BCUT2D eigenvalue weighted by molar-refractivity contribution is 5.42. The Morgan fingerprint density at radius 3 is 2.43 bits per heavy atom. The number of anilines is 1. The summed E-state index contributed by atoms with van der Waals surface area (Å²) in [5.41, 5.74) is 8.03. The van der Waals surface area contributed by atoms with Crippen molar-refractivity contribution in [3.63, 3.8) is 0 Å². The molecule has 0 aliphatic heterocycles. The van der Waals surface area contributed by atoms with Gasteiger partial charge < -0.3 is 5.73 Å². The monoisotopic (exact) mass is 191 g/mol. The van der Waals surface area contributed by atoms with Gasteiger partial charge in [0.15, 0.2) is 0 Å². The van der Waals surface area contributed by atoms with E-state index in [4.69, 9.17) is 5.73 Å². The smallest absolute Gasteiger partial charge is 0.134 e. The second-order valence-corrected chi connectivity index (χ2v) is 4.41. The molecule has 0 atom stereocenters. The molecule has 1 fully saturated rings. The number of nitrogens with two attached hydrogens (primary N) is 1. The summed E-state index contributed by atoms with van der Waals surface area (Å²) in [5, 5.41) is 0. The lowest BCUT2D eigenvalue weighted by molar-refractivity contribution is 0.774. The van der Waals surface area contributed by atoms with Gasteiger partial charge in [-0.1, -0.05) is 13.8 Å². The highest BCUT2D eigenvalue weighted by Crippen LogP contribution is 2.39. The average molecular weight is 191 g/mol. The molecule has 1 aliphatic rings. The van der Waals surface area contributed by atoms with Crippen molar-refractivity contribution in [2.45, 2.75) is 45.4 Å². The van der Waals surface area contributed by atoms with E-state index in [0.717, 1.165) is 17.1 Å². The second kappa shape index (κ2) is 3.23. The minimum atomic E-state index is 0.429. The van der Waals surface area contributed by atoms with E-state index in [-0.39, 0.29) is 0 Å². The predicted molar refractivity (Wildman–Crippen MR) is 57.2 cm³/mol. The van der Waals surface area contributed by atoms with Crippen LogP contribution in [-0.2, 0) is 0 Å². The molecule has 3 heteroatoms. The zero-order valence-electron chi connectivity index (χ0n) is 9.04. The summed E-state index contributed by atoms with van der Waals surface area (Å²) in [6.07, 6.45) is 2.44. The Hall–Kier alpha value is -1.12. The standard InChI is InChI=1S/C11H17N3/c1-6(2)9-7(3)10(12)14-11(13-9)8-4-5-8/h6,8H,4-5H2,1-3H3,(H2,12,13,14). The first-order valence-corrected chi connectivity index (χ1v) is 5.23. The Bertz CT molecular complexity index is 354. The van der Waals surface area contributed by atoms with Gasteiger partial charge in [-0.2, -0.15) is 0 Å². The van der Waals surface area contributed by atoms with Gasteiger partial charge in [-0.15, -0.1) is 0 Å². The third kappa shape index (κ3) is 1.59. The summed E-state index contributed by atoms with van der Waals surface area (Å²) in [6, 6.07) is 0. The Labute approximate surface area is 84.8 Å². The molecule has 1 saturated carbocycles. The minimum Gasteiger partial charge on any atom is -0.383 e. The molecule has 76 valence electrons. The molecule has 0 spiro atoms. The van der Waals surface area contributed by atoms with Gasteiger partial charge in [-0.05, 0) is 25.7 Å². The highest BCUT2D eigenvalue weighted by atomic mass is 15.0. The van der Waals surface area contributed by atoms with Crippen molar-refractivity contribution in [1.29, 1.82) is 0 Å². The van der Waals surface area contributed by atoms with Crippen molar-refractivity contribution < 1.29 is 0 Å². The fourth-order valence-corrected chi connectivity index (χ4v) is 1.66. The average Bonchev–Trinajstić information content (AvgIpc) is 2.91. The van der Waals surface area contributed by atoms with Crippen LogP contribution in [-0.4, -0.2) is 9.97 Å². The maximum Gasteiger partial charge on any atom is 0.134 e. The van der Waals surface area contributed by atoms with E-state index in [9.17, 15) is 0 Å². The van der Waals surface area contributed by atoms with Gasteiger partial charge in [0.2, 0.25) is 0 Å². The molecule has 0 saturated heterocycles. The predicted octanol–water partition coefficient (Wildman–Crippen LogP) is 2.37. The molecule has 1 heterocycles. The van der Waals surface area contributed by atoms with E-state index in [1.165, 1.54) is 12.8 Å². The quantitative estimate of drug-likeness (QED) is 0.780. The maximum absolute atomic E-state index is 5.87. The van der Waals surface area contributed by atoms with Gasteiger partial charge in [-0.3, -0.25) is 0 Å². The van der Waals surface area contributed by atoms with Crippen LogP contribution in [0.25, 0.3) is 0 Å². The third-order valence-electron chi connectivity index (χ3n) is 2.73. The van der Waals surface area contributed by atoms with Crippen molar-refractivity contribution in [3.05, 3.63) is 17.1 Å². The molecule has 0 unspecified atom stereocenters. The lowest BCUT2D eigenvalue weighted by atomic mass is 10.1. The second-order valence-electron chi connectivity index (χ2n) is 4.41. The molecule has 0 bridgehead atoms. The Morgan fingerprint density at radius 2 is 1.93 bits per heavy atom. The molecule has 0 aromatic carbocycles. The summed E-state index contributed by atoms with van der Waals surface area (Å²) >= 11 is 0. The van der Waals surface area contributed by atoms with Crippen LogP contribution in [0, 0.1) is 6.92 Å². The van der Waals surface area contributed by atoms with Crippen molar-refractivity contribution >= 4 is 5.82 Å². The summed E-state index contributed by atoms with van der Waals surface area (Å²) in [4.78, 5) is 8.95. The van der Waals surface area contributed by atoms with Gasteiger partial charge in [0.1, 0.15) is 11.6 Å². The highest BCUT2D eigenvalue weighted by Gasteiger charge is 2.28. The van der Waals surface area contributed by atoms with Crippen LogP contribution in [0.15, 0.2) is 0 Å². The van der Waals surface area contributed by atoms with Crippen LogP contribution in [0.4, 0.5) is 5.82 Å². The fourth-order valence-electron chi connectivity index (χ4n) is 1.66. The molecule has 2 N–H and O–H groups in total. The van der Waals surface area contributed by atoms with Gasteiger partial charge in [0, 0.05) is 11.5 Å². The Kier molecular flexibility index (Phi) is 2.17. The molecule has 0 radical (unpaired) electrons. The van der Waals surface area contributed by atoms with Gasteiger partial charge in [-0.25, -0.2) is 9.97 Å². The SMILES string of the molecule is Cc1c(N)nc(C2CC2)nc1C(C)C. The fraction of sp³-hybridized carbons (Fsp3) is 0.636. The van der Waals surface area contributed by atoms with Crippen LogP contribution in [0.3, 0.4) is 0 Å². The molecule has 1 aromatic heterocycles. The van der Waals surface area contributed by atoms with Gasteiger partial charge >= 0.3 is 0 Å². The lowest BCUT2D eigenvalue weighted by Gasteiger charge is -2.11. The van der Waals surface area contributed by atoms with E-state index in [2.05, 4.69) is 23.8 Å². The largest absolute Gasteiger partial charge is 0.383 e. The van der Waals surface area contributed by atoms with Crippen LogP contribution in [0.5, 0.6) is 0 Å². The normalized spacial score (nSPS) is 16.3. The number of aromatic nitrogens is 2. The first kappa shape index (κ1) is 9.44. The van der Waals surface area contributed by atoms with Crippen LogP contribution >= 0.6 is 0 Å². The van der Waals surface area contributed by atoms with Crippen molar-refractivity contribution in [1.82, 2.24) is 9.97 Å². The zero-order valence-corrected chi connectivity index (χ0v) is 9.04. The third-order valence-corrected chi connectivity index (χ3v) is 2.73. The molecular formula is C11H17N3. The molecule has 1 aliphatic carbocycles. The molecule has 14 heavy (non-hydrogen) atoms. The summed E-state index contributed by atoms with van der Waals surface area (Å²) in [7, 11) is 0. The van der Waals surface area contributed by atoms with E-state index in [0.29, 0.717) is 17.7 Å². The summed E-state index contributed by atoms with van der Waals surface area (Å²) in [5.74, 6) is 2.62.